The standard InChI is InChI=1S/C24H37N5O3/c1-5-8-10-14-28(16-19(30)26-20-17(4)12-11-13-18(20)7-3)21-22(25)29(15-9-6-2)24(32)27-23(21)31/h11-13H,5-10,14-16,25H2,1-4H3,(H,26,30)(H,27,31,32). The van der Waals surface area contributed by atoms with Crippen LogP contribution in [0.15, 0.2) is 27.8 Å². The number of nitrogens with one attached hydrogen (secondary N) is 2. The first kappa shape index (κ1) is 25.2. The van der Waals surface area contributed by atoms with E-state index in [1.54, 1.807) is 4.90 Å². The Morgan fingerprint density at radius 1 is 1.12 bits per heavy atom. The van der Waals surface area contributed by atoms with Gasteiger partial charge in [-0.25, -0.2) is 4.79 Å². The average Bonchev–Trinajstić information content (AvgIpc) is 2.74. The zero-order valence-electron chi connectivity index (χ0n) is 19.8. The lowest BCUT2D eigenvalue weighted by Crippen LogP contribution is -2.42. The monoisotopic (exact) mass is 443 g/mol. The zero-order valence-corrected chi connectivity index (χ0v) is 19.8. The van der Waals surface area contributed by atoms with Gasteiger partial charge >= 0.3 is 5.69 Å². The number of amides is 1. The number of aromatic amines is 1. The third-order valence-corrected chi connectivity index (χ3v) is 5.64. The predicted molar refractivity (Wildman–Crippen MR) is 132 cm³/mol. The lowest BCUT2D eigenvalue weighted by atomic mass is 10.1. The van der Waals surface area contributed by atoms with Crippen LogP contribution in [0.1, 0.15) is 64.0 Å². The van der Waals surface area contributed by atoms with Gasteiger partial charge in [0.25, 0.3) is 5.56 Å². The summed E-state index contributed by atoms with van der Waals surface area (Å²) >= 11 is 0. The van der Waals surface area contributed by atoms with Crippen molar-refractivity contribution in [3.63, 3.8) is 0 Å². The van der Waals surface area contributed by atoms with E-state index in [2.05, 4.69) is 17.2 Å². The van der Waals surface area contributed by atoms with E-state index < -0.39 is 11.2 Å². The molecule has 0 aliphatic rings. The number of H-pyrrole nitrogens is 1. The van der Waals surface area contributed by atoms with Gasteiger partial charge in [0.05, 0.1) is 6.54 Å². The molecular weight excluding hydrogens is 406 g/mol. The van der Waals surface area contributed by atoms with E-state index in [1.165, 1.54) is 4.57 Å². The third kappa shape index (κ3) is 6.24. The molecule has 0 atom stereocenters. The zero-order chi connectivity index (χ0) is 23.7. The number of nitrogens with two attached hydrogens (primary N) is 1. The highest BCUT2D eigenvalue weighted by molar-refractivity contribution is 5.95. The Hall–Kier alpha value is -3.03. The van der Waals surface area contributed by atoms with Crippen molar-refractivity contribution in [2.75, 3.05) is 29.0 Å². The molecule has 8 heteroatoms. The number of unbranched alkanes of at least 4 members (excludes halogenated alkanes) is 3. The van der Waals surface area contributed by atoms with Crippen molar-refractivity contribution in [1.29, 1.82) is 0 Å². The van der Waals surface area contributed by atoms with Crippen LogP contribution in [-0.4, -0.2) is 28.5 Å². The number of anilines is 3. The average molecular weight is 444 g/mol. The van der Waals surface area contributed by atoms with Crippen LogP contribution >= 0.6 is 0 Å². The van der Waals surface area contributed by atoms with Gasteiger partial charge in [-0.3, -0.25) is 19.1 Å². The second-order valence-electron chi connectivity index (χ2n) is 8.14. The van der Waals surface area contributed by atoms with Crippen molar-refractivity contribution < 1.29 is 4.79 Å². The van der Waals surface area contributed by atoms with Crippen LogP contribution in [0.2, 0.25) is 0 Å². The molecule has 0 spiro atoms. The summed E-state index contributed by atoms with van der Waals surface area (Å²) in [5.41, 5.74) is 8.26. The second-order valence-corrected chi connectivity index (χ2v) is 8.14. The number of para-hydroxylation sites is 1. The molecule has 32 heavy (non-hydrogen) atoms. The highest BCUT2D eigenvalue weighted by atomic mass is 16.2. The van der Waals surface area contributed by atoms with Crippen LogP contribution in [-0.2, 0) is 17.8 Å². The number of hydrogen-bond acceptors (Lipinski definition) is 5. The van der Waals surface area contributed by atoms with E-state index in [9.17, 15) is 14.4 Å². The maximum absolute atomic E-state index is 13.0. The first-order valence-electron chi connectivity index (χ1n) is 11.6. The van der Waals surface area contributed by atoms with Gasteiger partial charge in [-0.2, -0.15) is 0 Å². The number of benzene rings is 1. The summed E-state index contributed by atoms with van der Waals surface area (Å²) in [7, 11) is 0. The third-order valence-electron chi connectivity index (χ3n) is 5.64. The molecule has 4 N–H and O–H groups in total. The Balaban J connectivity index is 2.38. The Bertz CT molecular complexity index is 1030. The van der Waals surface area contributed by atoms with Crippen LogP contribution in [0.4, 0.5) is 17.2 Å². The molecule has 0 saturated carbocycles. The van der Waals surface area contributed by atoms with Gasteiger partial charge in [-0.15, -0.1) is 0 Å². The summed E-state index contributed by atoms with van der Waals surface area (Å²) in [4.78, 5) is 42.1. The number of nitrogens with zero attached hydrogens (tertiary/aromatic N) is 2. The molecule has 0 unspecified atom stereocenters. The van der Waals surface area contributed by atoms with E-state index in [0.717, 1.165) is 55.3 Å². The minimum absolute atomic E-state index is 0.0273. The maximum Gasteiger partial charge on any atom is 0.330 e. The Morgan fingerprint density at radius 2 is 1.84 bits per heavy atom. The summed E-state index contributed by atoms with van der Waals surface area (Å²) in [6.45, 7) is 9.00. The minimum atomic E-state index is -0.560. The number of hydrogen-bond donors (Lipinski definition) is 3. The molecule has 0 fully saturated rings. The van der Waals surface area contributed by atoms with Gasteiger partial charge in [0.1, 0.15) is 11.5 Å². The fourth-order valence-corrected chi connectivity index (χ4v) is 3.80. The molecule has 2 aromatic rings. The molecule has 2 rings (SSSR count). The van der Waals surface area contributed by atoms with E-state index >= 15 is 0 Å². The van der Waals surface area contributed by atoms with Crippen molar-refractivity contribution in [2.24, 2.45) is 0 Å². The fourth-order valence-electron chi connectivity index (χ4n) is 3.80. The van der Waals surface area contributed by atoms with Crippen molar-refractivity contribution >= 4 is 23.1 Å². The van der Waals surface area contributed by atoms with Gasteiger partial charge in [-0.05, 0) is 37.3 Å². The summed E-state index contributed by atoms with van der Waals surface area (Å²) in [6, 6.07) is 5.93. The summed E-state index contributed by atoms with van der Waals surface area (Å²) < 4.78 is 1.39. The van der Waals surface area contributed by atoms with Crippen LogP contribution in [0, 0.1) is 6.92 Å². The maximum atomic E-state index is 13.0. The summed E-state index contributed by atoms with van der Waals surface area (Å²) in [5.74, 6) is -0.114. The van der Waals surface area contributed by atoms with Crippen LogP contribution in [0.25, 0.3) is 0 Å². The molecule has 1 aromatic heterocycles. The normalized spacial score (nSPS) is 10.9. The number of carbonyl (C=O) groups is 1. The largest absolute Gasteiger partial charge is 0.383 e. The van der Waals surface area contributed by atoms with Gasteiger partial charge in [0.15, 0.2) is 0 Å². The molecule has 0 aliphatic carbocycles. The van der Waals surface area contributed by atoms with Gasteiger partial charge < -0.3 is 16.0 Å². The van der Waals surface area contributed by atoms with Crippen LogP contribution in [0.5, 0.6) is 0 Å². The van der Waals surface area contributed by atoms with Crippen molar-refractivity contribution in [2.45, 2.75) is 72.8 Å². The van der Waals surface area contributed by atoms with Gasteiger partial charge in [0.2, 0.25) is 5.91 Å². The van der Waals surface area contributed by atoms with Gasteiger partial charge in [0, 0.05) is 18.8 Å². The highest BCUT2D eigenvalue weighted by Gasteiger charge is 2.21. The van der Waals surface area contributed by atoms with Gasteiger partial charge in [-0.1, -0.05) is 58.2 Å². The number of rotatable bonds is 12. The SMILES string of the molecule is CCCCCN(CC(=O)Nc1c(C)cccc1CC)c1c(N)n(CCCC)c(=O)[nH]c1=O. The molecule has 0 saturated heterocycles. The van der Waals surface area contributed by atoms with E-state index in [0.29, 0.717) is 13.1 Å². The fraction of sp³-hybridized carbons (Fsp3) is 0.542. The quantitative estimate of drug-likeness (QED) is 0.435. The molecular formula is C24H37N5O3. The molecule has 176 valence electrons. The Labute approximate surface area is 189 Å². The Morgan fingerprint density at radius 3 is 2.50 bits per heavy atom. The molecule has 8 nitrogen and oxygen atoms in total. The smallest absolute Gasteiger partial charge is 0.330 e. The molecule has 0 radical (unpaired) electrons. The summed E-state index contributed by atoms with van der Waals surface area (Å²) in [5, 5.41) is 3.02. The lowest BCUT2D eigenvalue weighted by molar-refractivity contribution is -0.115. The molecule has 0 bridgehead atoms. The molecule has 1 heterocycles. The van der Waals surface area contributed by atoms with Crippen molar-refractivity contribution in [3.05, 3.63) is 50.2 Å². The number of carbonyl (C=O) groups excluding carboxylic acids is 1. The topological polar surface area (TPSA) is 113 Å². The molecule has 0 aliphatic heterocycles. The van der Waals surface area contributed by atoms with Crippen LogP contribution < -0.4 is 27.2 Å². The first-order chi connectivity index (χ1) is 15.3. The van der Waals surface area contributed by atoms with E-state index in [4.69, 9.17) is 5.73 Å². The first-order valence-corrected chi connectivity index (χ1v) is 11.6. The van der Waals surface area contributed by atoms with Crippen molar-refractivity contribution in [1.82, 2.24) is 9.55 Å². The minimum Gasteiger partial charge on any atom is -0.383 e. The molecule has 1 aromatic carbocycles. The number of aromatic nitrogens is 2. The molecule has 1 amide bonds. The number of aryl methyl sites for hydroxylation is 2. The highest BCUT2D eigenvalue weighted by Crippen LogP contribution is 2.22. The van der Waals surface area contributed by atoms with Crippen molar-refractivity contribution in [3.8, 4) is 0 Å². The summed E-state index contributed by atoms with van der Waals surface area (Å²) in [6.07, 6.45) is 5.22. The number of nitrogen functional groups attached to an aromatic ring is 1. The van der Waals surface area contributed by atoms with E-state index in [-0.39, 0.29) is 24.0 Å². The second kappa shape index (κ2) is 12.1. The van der Waals surface area contributed by atoms with E-state index in [1.807, 2.05) is 39.0 Å². The Kier molecular flexibility index (Phi) is 9.56. The van der Waals surface area contributed by atoms with Crippen LogP contribution in [0.3, 0.4) is 0 Å². The predicted octanol–water partition coefficient (Wildman–Crippen LogP) is 3.43. The lowest BCUT2D eigenvalue weighted by Gasteiger charge is -2.26.